The number of hydrogen-bond acceptors (Lipinski definition) is 2. The first kappa shape index (κ1) is 29.9. The Morgan fingerprint density at radius 3 is 1.44 bits per heavy atom. The van der Waals surface area contributed by atoms with Gasteiger partial charge in [-0.2, -0.15) is 0 Å². The van der Waals surface area contributed by atoms with E-state index in [4.69, 9.17) is 9.47 Å². The fourth-order valence-corrected chi connectivity index (χ4v) is 3.87. The van der Waals surface area contributed by atoms with Gasteiger partial charge in [-0.25, -0.2) is 0 Å². The maximum Gasteiger partial charge on any atom is 0.136 e. The molecule has 0 N–H and O–H groups in total. The van der Waals surface area contributed by atoms with E-state index in [2.05, 4.69) is 85.0 Å². The van der Waals surface area contributed by atoms with E-state index in [0.29, 0.717) is 13.2 Å². The molecule has 3 aromatic carbocycles. The standard InChI is InChI=1S/C35H44N2O2/c1-29-15-17-31(18-16-29)20-22-33-28-34(38-25-11-23-36(2,3)4)32(21-19-30-13-9-8-10-14-30)27-35(33)39-26-12-24-37(5,6)7/h8-10,13-18,27-28H,11-12,23-26H2,1-7H3/q+2. The van der Waals surface area contributed by atoms with Crippen molar-refractivity contribution in [3.8, 4) is 35.2 Å². The number of ether oxygens (including phenoxy) is 2. The zero-order valence-electron chi connectivity index (χ0n) is 24.8. The molecule has 0 radical (unpaired) electrons. The van der Waals surface area contributed by atoms with Gasteiger partial charge in [-0.1, -0.05) is 59.6 Å². The highest BCUT2D eigenvalue weighted by molar-refractivity contribution is 5.60. The van der Waals surface area contributed by atoms with Crippen LogP contribution in [0.5, 0.6) is 11.5 Å². The Balaban J connectivity index is 1.97. The molecule has 0 atom stereocenters. The van der Waals surface area contributed by atoms with Gasteiger partial charge in [-0.15, -0.1) is 0 Å². The van der Waals surface area contributed by atoms with Gasteiger partial charge in [0.05, 0.1) is 79.7 Å². The van der Waals surface area contributed by atoms with Crippen molar-refractivity contribution < 1.29 is 18.4 Å². The summed E-state index contributed by atoms with van der Waals surface area (Å²) in [6.45, 7) is 5.36. The summed E-state index contributed by atoms with van der Waals surface area (Å²) in [4.78, 5) is 0. The van der Waals surface area contributed by atoms with Gasteiger partial charge in [0.25, 0.3) is 0 Å². The van der Waals surface area contributed by atoms with Crippen LogP contribution in [-0.4, -0.2) is 77.6 Å². The highest BCUT2D eigenvalue weighted by atomic mass is 16.5. The Kier molecular flexibility index (Phi) is 10.6. The lowest BCUT2D eigenvalue weighted by Crippen LogP contribution is -2.36. The number of quaternary nitrogens is 2. The van der Waals surface area contributed by atoms with Crippen LogP contribution < -0.4 is 9.47 Å². The second-order valence-corrected chi connectivity index (χ2v) is 12.0. The van der Waals surface area contributed by atoms with Crippen molar-refractivity contribution in [3.05, 3.63) is 94.5 Å². The summed E-state index contributed by atoms with van der Waals surface area (Å²) >= 11 is 0. The van der Waals surface area contributed by atoms with Crippen molar-refractivity contribution in [2.45, 2.75) is 19.8 Å². The molecule has 4 heteroatoms. The van der Waals surface area contributed by atoms with Crippen molar-refractivity contribution >= 4 is 0 Å². The van der Waals surface area contributed by atoms with Gasteiger partial charge in [0, 0.05) is 36.1 Å². The van der Waals surface area contributed by atoms with E-state index in [1.807, 2.05) is 54.6 Å². The molecule has 0 saturated carbocycles. The third kappa shape index (κ3) is 11.3. The number of nitrogens with zero attached hydrogens (tertiary/aromatic N) is 2. The molecule has 0 unspecified atom stereocenters. The van der Waals surface area contributed by atoms with Crippen LogP contribution in [0.25, 0.3) is 0 Å². The molecule has 0 amide bonds. The van der Waals surface area contributed by atoms with Gasteiger partial charge in [-0.05, 0) is 31.2 Å². The third-order valence-corrected chi connectivity index (χ3v) is 6.05. The molecule has 39 heavy (non-hydrogen) atoms. The topological polar surface area (TPSA) is 18.5 Å². The van der Waals surface area contributed by atoms with Crippen molar-refractivity contribution in [3.63, 3.8) is 0 Å². The third-order valence-electron chi connectivity index (χ3n) is 6.05. The minimum atomic E-state index is 0.615. The molecule has 3 rings (SSSR count). The number of benzene rings is 3. The smallest absolute Gasteiger partial charge is 0.136 e. The number of hydrogen-bond donors (Lipinski definition) is 0. The van der Waals surface area contributed by atoms with Gasteiger partial charge in [-0.3, -0.25) is 0 Å². The molecule has 0 spiro atoms. The highest BCUT2D eigenvalue weighted by Crippen LogP contribution is 2.29. The molecular formula is C35H44N2O2+2. The molecule has 204 valence electrons. The predicted molar refractivity (Wildman–Crippen MR) is 162 cm³/mol. The molecule has 0 bridgehead atoms. The SMILES string of the molecule is Cc1ccc(C#Cc2cc(OCCC[N+](C)(C)C)c(C#Cc3ccccc3)cc2OCCC[N+](C)(C)C)cc1. The van der Waals surface area contributed by atoms with Crippen LogP contribution in [0.4, 0.5) is 0 Å². The normalized spacial score (nSPS) is 11.2. The average Bonchev–Trinajstić information content (AvgIpc) is 2.88. The fraction of sp³-hybridized carbons (Fsp3) is 0.371. The van der Waals surface area contributed by atoms with Gasteiger partial charge >= 0.3 is 0 Å². The number of rotatable bonds is 10. The van der Waals surface area contributed by atoms with Crippen LogP contribution in [0.15, 0.2) is 66.7 Å². The van der Waals surface area contributed by atoms with E-state index in [9.17, 15) is 0 Å². The number of aryl methyl sites for hydroxylation is 1. The quantitative estimate of drug-likeness (QED) is 0.191. The highest BCUT2D eigenvalue weighted by Gasteiger charge is 2.13. The van der Waals surface area contributed by atoms with Crippen LogP contribution in [0.3, 0.4) is 0 Å². The fourth-order valence-electron chi connectivity index (χ4n) is 3.87. The van der Waals surface area contributed by atoms with Gasteiger partial charge in [0.2, 0.25) is 0 Å². The monoisotopic (exact) mass is 524 g/mol. The van der Waals surface area contributed by atoms with Gasteiger partial charge in [0.15, 0.2) is 0 Å². The maximum atomic E-state index is 6.32. The van der Waals surface area contributed by atoms with E-state index >= 15 is 0 Å². The molecule has 0 aliphatic heterocycles. The molecule has 3 aromatic rings. The lowest BCUT2D eigenvalue weighted by Gasteiger charge is -2.24. The van der Waals surface area contributed by atoms with Crippen LogP contribution in [0, 0.1) is 30.6 Å². The maximum absolute atomic E-state index is 6.32. The predicted octanol–water partition coefficient (Wildman–Crippen LogP) is 5.74. The van der Waals surface area contributed by atoms with Gasteiger partial charge in [0.1, 0.15) is 11.5 Å². The molecule has 0 fully saturated rings. The molecule has 0 heterocycles. The summed E-state index contributed by atoms with van der Waals surface area (Å²) in [5.74, 6) is 14.8. The lowest BCUT2D eigenvalue weighted by molar-refractivity contribution is -0.870. The van der Waals surface area contributed by atoms with E-state index < -0.39 is 0 Å². The lowest BCUT2D eigenvalue weighted by atomic mass is 10.1. The zero-order valence-corrected chi connectivity index (χ0v) is 24.8. The molecule has 0 aliphatic rings. The van der Waals surface area contributed by atoms with Crippen LogP contribution >= 0.6 is 0 Å². The minimum absolute atomic E-state index is 0.615. The summed E-state index contributed by atoms with van der Waals surface area (Å²) in [6, 6.07) is 22.3. The Bertz CT molecular complexity index is 1320. The van der Waals surface area contributed by atoms with Crippen LogP contribution in [0.1, 0.15) is 40.7 Å². The summed E-state index contributed by atoms with van der Waals surface area (Å²) in [5, 5.41) is 0. The molecule has 4 nitrogen and oxygen atoms in total. The van der Waals surface area contributed by atoms with Crippen molar-refractivity contribution in [2.75, 3.05) is 68.6 Å². The molecule has 0 aromatic heterocycles. The Morgan fingerprint density at radius 1 is 0.564 bits per heavy atom. The molecule has 0 aliphatic carbocycles. The Labute approximate surface area is 236 Å². The van der Waals surface area contributed by atoms with Crippen LogP contribution in [-0.2, 0) is 0 Å². The summed E-state index contributed by atoms with van der Waals surface area (Å²) < 4.78 is 14.4. The van der Waals surface area contributed by atoms with Crippen LogP contribution in [0.2, 0.25) is 0 Å². The second-order valence-electron chi connectivity index (χ2n) is 12.0. The largest absolute Gasteiger partial charge is 0.492 e. The Hall–Kier alpha value is -3.70. The van der Waals surface area contributed by atoms with E-state index in [-0.39, 0.29) is 0 Å². The first-order valence-corrected chi connectivity index (χ1v) is 13.7. The van der Waals surface area contributed by atoms with E-state index in [1.54, 1.807) is 0 Å². The van der Waals surface area contributed by atoms with Crippen molar-refractivity contribution in [2.24, 2.45) is 0 Å². The van der Waals surface area contributed by atoms with E-state index in [1.165, 1.54) is 5.56 Å². The Morgan fingerprint density at radius 2 is 1.00 bits per heavy atom. The van der Waals surface area contributed by atoms with Crippen molar-refractivity contribution in [1.82, 2.24) is 0 Å². The zero-order chi connectivity index (χ0) is 28.3. The van der Waals surface area contributed by atoms with Crippen molar-refractivity contribution in [1.29, 1.82) is 0 Å². The van der Waals surface area contributed by atoms with E-state index in [0.717, 1.165) is 68.7 Å². The summed E-state index contributed by atoms with van der Waals surface area (Å²) in [7, 11) is 13.2. The summed E-state index contributed by atoms with van der Waals surface area (Å²) in [6.07, 6.45) is 1.89. The second kappa shape index (κ2) is 13.9. The minimum Gasteiger partial charge on any atom is -0.492 e. The average molecular weight is 525 g/mol. The summed E-state index contributed by atoms with van der Waals surface area (Å²) in [5.41, 5.74) is 4.77. The molecule has 0 saturated heterocycles. The molecular weight excluding hydrogens is 480 g/mol. The van der Waals surface area contributed by atoms with Gasteiger partial charge < -0.3 is 18.4 Å². The first-order valence-electron chi connectivity index (χ1n) is 13.7. The first-order chi connectivity index (χ1) is 18.5.